The van der Waals surface area contributed by atoms with E-state index in [1.165, 1.54) is 0 Å². The molecule has 0 saturated carbocycles. The fraction of sp³-hybridized carbons (Fsp3) is 0.240. The third-order valence-electron chi connectivity index (χ3n) is 6.23. The van der Waals surface area contributed by atoms with E-state index < -0.39 is 0 Å². The van der Waals surface area contributed by atoms with Crippen LogP contribution in [0.5, 0.6) is 0 Å². The molecule has 0 bridgehead atoms. The topological polar surface area (TPSA) is 81.0 Å². The van der Waals surface area contributed by atoms with E-state index in [1.807, 2.05) is 54.7 Å². The second-order valence-electron chi connectivity index (χ2n) is 8.47. The summed E-state index contributed by atoms with van der Waals surface area (Å²) in [6.45, 7) is 5.50. The fourth-order valence-electron chi connectivity index (χ4n) is 4.23. The molecule has 162 valence electrons. The Bertz CT molecular complexity index is 1300. The van der Waals surface area contributed by atoms with E-state index in [1.54, 1.807) is 16.9 Å². The van der Waals surface area contributed by atoms with Crippen molar-refractivity contribution in [2.75, 3.05) is 11.9 Å². The quantitative estimate of drug-likeness (QED) is 0.515. The van der Waals surface area contributed by atoms with Crippen molar-refractivity contribution in [3.8, 4) is 0 Å². The molecule has 2 aromatic heterocycles. The first kappa shape index (κ1) is 20.1. The minimum absolute atomic E-state index is 0.0748. The third-order valence-corrected chi connectivity index (χ3v) is 6.23. The van der Waals surface area contributed by atoms with E-state index in [-0.39, 0.29) is 23.8 Å². The average Bonchev–Trinajstić information content (AvgIpc) is 3.38. The number of aromatic nitrogens is 3. The molecule has 0 radical (unpaired) electrons. The predicted molar refractivity (Wildman–Crippen MR) is 124 cm³/mol. The van der Waals surface area contributed by atoms with Crippen molar-refractivity contribution in [2.24, 2.45) is 5.92 Å². The maximum Gasteiger partial charge on any atom is 0.267 e. The summed E-state index contributed by atoms with van der Waals surface area (Å²) in [6, 6.07) is 17.6. The van der Waals surface area contributed by atoms with Gasteiger partial charge in [0, 0.05) is 35.2 Å². The van der Waals surface area contributed by atoms with Gasteiger partial charge in [-0.15, -0.1) is 0 Å². The summed E-state index contributed by atoms with van der Waals surface area (Å²) in [5, 5.41) is 11.2. The Kier molecular flexibility index (Phi) is 5.01. The van der Waals surface area contributed by atoms with Crippen LogP contribution in [-0.2, 0) is 6.54 Å². The molecule has 2 amide bonds. The minimum atomic E-state index is -0.208. The van der Waals surface area contributed by atoms with Gasteiger partial charge >= 0.3 is 0 Å². The van der Waals surface area contributed by atoms with Gasteiger partial charge in [-0.25, -0.2) is 0 Å². The zero-order valence-corrected chi connectivity index (χ0v) is 18.1. The van der Waals surface area contributed by atoms with Gasteiger partial charge in [0.05, 0.1) is 18.4 Å². The van der Waals surface area contributed by atoms with Crippen molar-refractivity contribution in [3.63, 3.8) is 0 Å². The lowest BCUT2D eigenvalue weighted by molar-refractivity contribution is 0.0948. The Morgan fingerprint density at radius 3 is 2.78 bits per heavy atom. The van der Waals surface area contributed by atoms with Crippen molar-refractivity contribution >= 4 is 28.4 Å². The van der Waals surface area contributed by atoms with E-state index in [0.717, 1.165) is 16.5 Å². The van der Waals surface area contributed by atoms with Crippen LogP contribution < -0.4 is 10.6 Å². The Morgan fingerprint density at radius 2 is 1.97 bits per heavy atom. The Labute approximate surface area is 186 Å². The Morgan fingerprint density at radius 1 is 1.16 bits per heavy atom. The second-order valence-corrected chi connectivity index (χ2v) is 8.47. The average molecular weight is 428 g/mol. The van der Waals surface area contributed by atoms with Crippen LogP contribution in [-0.4, -0.2) is 32.7 Å². The van der Waals surface area contributed by atoms with Gasteiger partial charge in [0.15, 0.2) is 0 Å². The standard InChI is InChI=1S/C25H25N5O2/c1-16-12-26-25(32)23-10-19-8-9-20(11-22(19)30(23)17(16)2)24(31)28-21-13-27-29(15-21)14-18-6-4-3-5-7-18/h3-11,13,15-17H,12,14H2,1-2H3,(H,26,32)(H,28,31)/t16-,17-/m0/s1. The number of hydrogen-bond donors (Lipinski definition) is 2. The molecule has 0 spiro atoms. The highest BCUT2D eigenvalue weighted by atomic mass is 16.2. The highest BCUT2D eigenvalue weighted by molar-refractivity contribution is 6.07. The summed E-state index contributed by atoms with van der Waals surface area (Å²) >= 11 is 0. The summed E-state index contributed by atoms with van der Waals surface area (Å²) < 4.78 is 3.85. The highest BCUT2D eigenvalue weighted by Gasteiger charge is 2.27. The Hall–Kier alpha value is -3.87. The first-order valence-electron chi connectivity index (χ1n) is 10.8. The summed E-state index contributed by atoms with van der Waals surface area (Å²) in [6.07, 6.45) is 3.47. The number of amides is 2. The zero-order valence-electron chi connectivity index (χ0n) is 18.1. The Balaban J connectivity index is 1.40. The molecule has 0 unspecified atom stereocenters. The number of rotatable bonds is 4. The van der Waals surface area contributed by atoms with Gasteiger partial charge in [0.25, 0.3) is 11.8 Å². The lowest BCUT2D eigenvalue weighted by Crippen LogP contribution is -2.26. The number of hydrogen-bond acceptors (Lipinski definition) is 3. The molecule has 2 atom stereocenters. The summed E-state index contributed by atoms with van der Waals surface area (Å²) in [5.41, 5.74) is 3.85. The van der Waals surface area contributed by atoms with Crippen molar-refractivity contribution in [3.05, 3.63) is 83.8 Å². The number of benzene rings is 2. The first-order chi connectivity index (χ1) is 15.5. The van der Waals surface area contributed by atoms with Crippen LogP contribution in [0.15, 0.2) is 67.0 Å². The summed E-state index contributed by atoms with van der Waals surface area (Å²) in [7, 11) is 0. The molecule has 7 nitrogen and oxygen atoms in total. The highest BCUT2D eigenvalue weighted by Crippen LogP contribution is 2.30. The van der Waals surface area contributed by atoms with Crippen LogP contribution >= 0.6 is 0 Å². The maximum absolute atomic E-state index is 13.0. The molecule has 5 rings (SSSR count). The van der Waals surface area contributed by atoms with Gasteiger partial charge in [-0.2, -0.15) is 5.10 Å². The molecule has 0 fully saturated rings. The third kappa shape index (κ3) is 3.66. The molecular weight excluding hydrogens is 402 g/mol. The number of anilines is 1. The minimum Gasteiger partial charge on any atom is -0.350 e. The van der Waals surface area contributed by atoms with Crippen molar-refractivity contribution < 1.29 is 9.59 Å². The first-order valence-corrected chi connectivity index (χ1v) is 10.8. The van der Waals surface area contributed by atoms with Crippen LogP contribution in [0, 0.1) is 5.92 Å². The number of nitrogens with zero attached hydrogens (tertiary/aromatic N) is 3. The monoisotopic (exact) mass is 427 g/mol. The molecule has 0 saturated heterocycles. The molecule has 4 aromatic rings. The largest absolute Gasteiger partial charge is 0.350 e. The van der Waals surface area contributed by atoms with Gasteiger partial charge < -0.3 is 15.2 Å². The SMILES string of the molecule is C[C@H]1CNC(=O)c2cc3ccc(C(=O)Nc4cnn(Cc5ccccc5)c4)cc3n2[C@H]1C. The van der Waals surface area contributed by atoms with Gasteiger partial charge in [0.2, 0.25) is 0 Å². The maximum atomic E-state index is 13.0. The molecule has 1 aliphatic rings. The van der Waals surface area contributed by atoms with Gasteiger partial charge in [0.1, 0.15) is 5.69 Å². The lowest BCUT2D eigenvalue weighted by atomic mass is 10.0. The molecule has 7 heteroatoms. The smallest absolute Gasteiger partial charge is 0.267 e. The molecule has 32 heavy (non-hydrogen) atoms. The van der Waals surface area contributed by atoms with E-state index >= 15 is 0 Å². The normalized spacial score (nSPS) is 18.1. The predicted octanol–water partition coefficient (Wildman–Crippen LogP) is 4.08. The van der Waals surface area contributed by atoms with Crippen LogP contribution in [0.1, 0.15) is 46.3 Å². The van der Waals surface area contributed by atoms with E-state index in [2.05, 4.69) is 34.1 Å². The van der Waals surface area contributed by atoms with Crippen molar-refractivity contribution in [1.82, 2.24) is 19.7 Å². The number of carbonyl (C=O) groups excluding carboxylic acids is 2. The number of carbonyl (C=O) groups is 2. The molecule has 1 aliphatic heterocycles. The van der Waals surface area contributed by atoms with Crippen molar-refractivity contribution in [2.45, 2.75) is 26.4 Å². The fourth-order valence-corrected chi connectivity index (χ4v) is 4.23. The molecular formula is C25H25N5O2. The molecule has 3 heterocycles. The van der Waals surface area contributed by atoms with E-state index in [9.17, 15) is 9.59 Å². The van der Waals surface area contributed by atoms with Gasteiger partial charge in [-0.1, -0.05) is 43.3 Å². The second kappa shape index (κ2) is 8.00. The van der Waals surface area contributed by atoms with Gasteiger partial charge in [-0.05, 0) is 36.6 Å². The van der Waals surface area contributed by atoms with Crippen LogP contribution in [0.3, 0.4) is 0 Å². The van der Waals surface area contributed by atoms with Crippen LogP contribution in [0.2, 0.25) is 0 Å². The van der Waals surface area contributed by atoms with Crippen molar-refractivity contribution in [1.29, 1.82) is 0 Å². The molecule has 2 N–H and O–H groups in total. The summed E-state index contributed by atoms with van der Waals surface area (Å²) in [5.74, 6) is -0.00143. The molecule has 2 aromatic carbocycles. The number of fused-ring (bicyclic) bond motifs is 3. The summed E-state index contributed by atoms with van der Waals surface area (Å²) in [4.78, 5) is 25.5. The van der Waals surface area contributed by atoms with E-state index in [0.29, 0.717) is 30.0 Å². The van der Waals surface area contributed by atoms with E-state index in [4.69, 9.17) is 0 Å². The number of nitrogens with one attached hydrogen (secondary N) is 2. The van der Waals surface area contributed by atoms with Gasteiger partial charge in [-0.3, -0.25) is 14.3 Å². The van der Waals surface area contributed by atoms with Crippen LogP contribution in [0.25, 0.3) is 10.9 Å². The zero-order chi connectivity index (χ0) is 22.2. The lowest BCUT2D eigenvalue weighted by Gasteiger charge is -2.20. The molecule has 0 aliphatic carbocycles. The van der Waals surface area contributed by atoms with Crippen LogP contribution in [0.4, 0.5) is 5.69 Å².